The molecule has 1 saturated heterocycles. The van der Waals surface area contributed by atoms with Gasteiger partial charge < -0.3 is 10.4 Å². The van der Waals surface area contributed by atoms with E-state index in [1.165, 1.54) is 6.20 Å². The fraction of sp³-hybridized carbons (Fsp3) is 0.600. The molecule has 7 nitrogen and oxygen atoms in total. The van der Waals surface area contributed by atoms with Gasteiger partial charge in [0.25, 0.3) is 5.91 Å². The molecule has 18 heavy (non-hydrogen) atoms. The average Bonchev–Trinajstić information content (AvgIpc) is 2.78. The summed E-state index contributed by atoms with van der Waals surface area (Å²) in [6.45, 7) is -0.291. The van der Waals surface area contributed by atoms with Crippen LogP contribution in [0.1, 0.15) is 23.3 Å². The van der Waals surface area contributed by atoms with Crippen LogP contribution >= 0.6 is 11.8 Å². The number of carboxylic acid groups (broad SMARTS) is 1. The molecule has 98 valence electrons. The van der Waals surface area contributed by atoms with Gasteiger partial charge in [0.2, 0.25) is 0 Å². The lowest BCUT2D eigenvalue weighted by molar-refractivity contribution is -0.137. The largest absolute Gasteiger partial charge is 0.480 e. The van der Waals surface area contributed by atoms with Gasteiger partial charge in [0, 0.05) is 6.04 Å². The normalized spacial score (nSPS) is 16.4. The highest BCUT2D eigenvalue weighted by Gasteiger charge is 2.19. The fourth-order valence-electron chi connectivity index (χ4n) is 1.72. The van der Waals surface area contributed by atoms with Gasteiger partial charge in [-0.25, -0.2) is 4.68 Å². The smallest absolute Gasteiger partial charge is 0.325 e. The van der Waals surface area contributed by atoms with Crippen molar-refractivity contribution in [1.29, 1.82) is 0 Å². The van der Waals surface area contributed by atoms with E-state index >= 15 is 0 Å². The Morgan fingerprint density at radius 2 is 2.22 bits per heavy atom. The third-order valence-electron chi connectivity index (χ3n) is 2.63. The number of aromatic nitrogens is 3. The number of carbonyl (C=O) groups is 2. The molecule has 2 heterocycles. The summed E-state index contributed by atoms with van der Waals surface area (Å²) in [6, 6.07) is 0.184. The average molecular weight is 270 g/mol. The van der Waals surface area contributed by atoms with Crippen molar-refractivity contribution >= 4 is 23.6 Å². The summed E-state index contributed by atoms with van der Waals surface area (Å²) in [5, 5.41) is 18.7. The van der Waals surface area contributed by atoms with Gasteiger partial charge in [-0.2, -0.15) is 11.8 Å². The molecule has 0 radical (unpaired) electrons. The van der Waals surface area contributed by atoms with Crippen LogP contribution in [0.15, 0.2) is 6.20 Å². The number of aliphatic carboxylic acids is 1. The van der Waals surface area contributed by atoms with Crippen molar-refractivity contribution in [3.8, 4) is 0 Å². The van der Waals surface area contributed by atoms with E-state index < -0.39 is 5.97 Å². The van der Waals surface area contributed by atoms with Gasteiger partial charge in [-0.1, -0.05) is 5.21 Å². The van der Waals surface area contributed by atoms with Crippen LogP contribution in [0.2, 0.25) is 0 Å². The Kier molecular flexibility index (Phi) is 4.19. The zero-order chi connectivity index (χ0) is 13.0. The Bertz CT molecular complexity index is 442. The van der Waals surface area contributed by atoms with E-state index in [0.29, 0.717) is 0 Å². The number of carboxylic acids is 1. The van der Waals surface area contributed by atoms with Crippen molar-refractivity contribution in [2.75, 3.05) is 11.5 Å². The molecule has 2 N–H and O–H groups in total. The van der Waals surface area contributed by atoms with E-state index in [1.807, 2.05) is 11.8 Å². The maximum absolute atomic E-state index is 11.8. The molecule has 1 aromatic rings. The first-order valence-electron chi connectivity index (χ1n) is 5.65. The van der Waals surface area contributed by atoms with Gasteiger partial charge in [0.05, 0.1) is 6.20 Å². The molecular weight excluding hydrogens is 256 g/mol. The van der Waals surface area contributed by atoms with Crippen LogP contribution in [-0.2, 0) is 11.3 Å². The molecule has 0 atom stereocenters. The number of hydrogen-bond acceptors (Lipinski definition) is 5. The van der Waals surface area contributed by atoms with Gasteiger partial charge in [-0.05, 0) is 24.3 Å². The summed E-state index contributed by atoms with van der Waals surface area (Å²) in [4.78, 5) is 22.3. The topological polar surface area (TPSA) is 97.1 Å². The van der Waals surface area contributed by atoms with E-state index in [0.717, 1.165) is 29.0 Å². The summed E-state index contributed by atoms with van der Waals surface area (Å²) in [6.07, 6.45) is 3.26. The van der Waals surface area contributed by atoms with Crippen molar-refractivity contribution in [3.63, 3.8) is 0 Å². The zero-order valence-corrected chi connectivity index (χ0v) is 10.5. The van der Waals surface area contributed by atoms with Crippen molar-refractivity contribution < 1.29 is 14.7 Å². The number of amides is 1. The minimum atomic E-state index is -1.02. The van der Waals surface area contributed by atoms with Gasteiger partial charge in [-0.3, -0.25) is 9.59 Å². The van der Waals surface area contributed by atoms with Crippen LogP contribution in [-0.4, -0.2) is 49.5 Å². The van der Waals surface area contributed by atoms with Crippen LogP contribution in [0.25, 0.3) is 0 Å². The Morgan fingerprint density at radius 1 is 1.50 bits per heavy atom. The van der Waals surface area contributed by atoms with Crippen LogP contribution in [0.4, 0.5) is 0 Å². The quantitative estimate of drug-likeness (QED) is 0.798. The fourth-order valence-corrected chi connectivity index (χ4v) is 2.83. The molecule has 0 saturated carbocycles. The Balaban J connectivity index is 1.91. The lowest BCUT2D eigenvalue weighted by Gasteiger charge is -2.21. The highest BCUT2D eigenvalue weighted by molar-refractivity contribution is 7.99. The first-order chi connectivity index (χ1) is 8.65. The second kappa shape index (κ2) is 5.85. The van der Waals surface area contributed by atoms with E-state index in [-0.39, 0.29) is 24.2 Å². The molecule has 2 rings (SSSR count). The molecule has 8 heteroatoms. The van der Waals surface area contributed by atoms with E-state index in [2.05, 4.69) is 15.6 Å². The summed E-state index contributed by atoms with van der Waals surface area (Å²) in [5.74, 6) is 0.799. The maximum atomic E-state index is 11.8. The zero-order valence-electron chi connectivity index (χ0n) is 9.70. The highest BCUT2D eigenvalue weighted by Crippen LogP contribution is 2.17. The molecule has 0 bridgehead atoms. The molecule has 1 fully saturated rings. The molecule has 0 unspecified atom stereocenters. The second-order valence-electron chi connectivity index (χ2n) is 4.06. The Labute approximate surface area is 108 Å². The molecular formula is C10H14N4O3S. The number of thioether (sulfide) groups is 1. The van der Waals surface area contributed by atoms with Crippen molar-refractivity contribution in [1.82, 2.24) is 20.3 Å². The van der Waals surface area contributed by atoms with Crippen molar-refractivity contribution in [3.05, 3.63) is 11.9 Å². The van der Waals surface area contributed by atoms with Crippen LogP contribution in [0.3, 0.4) is 0 Å². The second-order valence-corrected chi connectivity index (χ2v) is 5.28. The first-order valence-corrected chi connectivity index (χ1v) is 6.81. The summed E-state index contributed by atoms with van der Waals surface area (Å²) < 4.78 is 1.13. The lowest BCUT2D eigenvalue weighted by Crippen LogP contribution is -2.37. The van der Waals surface area contributed by atoms with Crippen LogP contribution in [0.5, 0.6) is 0 Å². The number of hydrogen-bond donors (Lipinski definition) is 2. The minimum absolute atomic E-state index is 0.162. The third-order valence-corrected chi connectivity index (χ3v) is 3.67. The Morgan fingerprint density at radius 3 is 2.89 bits per heavy atom. The molecule has 0 aromatic carbocycles. The van der Waals surface area contributed by atoms with E-state index in [4.69, 9.17) is 5.11 Å². The Hall–Kier alpha value is -1.57. The number of carbonyl (C=O) groups excluding carboxylic acids is 1. The van der Waals surface area contributed by atoms with Gasteiger partial charge in [0.1, 0.15) is 6.54 Å². The predicted molar refractivity (Wildman–Crippen MR) is 65.5 cm³/mol. The van der Waals surface area contributed by atoms with E-state index in [1.54, 1.807) is 0 Å². The first kappa shape index (κ1) is 12.9. The predicted octanol–water partition coefficient (Wildman–Crippen LogP) is -0.0119. The minimum Gasteiger partial charge on any atom is -0.480 e. The lowest BCUT2D eigenvalue weighted by atomic mass is 10.1. The summed E-state index contributed by atoms with van der Waals surface area (Å²) in [5.41, 5.74) is 0.162. The molecule has 0 aliphatic carbocycles. The standard InChI is InChI=1S/C10H14N4O3S/c15-9(16)6-14-5-8(12-13-14)10(17)11-7-1-3-18-4-2-7/h5,7H,1-4,6H2,(H,11,17)(H,15,16). The molecule has 1 amide bonds. The van der Waals surface area contributed by atoms with Gasteiger partial charge >= 0.3 is 5.97 Å². The number of rotatable bonds is 4. The summed E-state index contributed by atoms with van der Waals surface area (Å²) in [7, 11) is 0. The monoisotopic (exact) mass is 270 g/mol. The van der Waals surface area contributed by atoms with Crippen LogP contribution in [0, 0.1) is 0 Å². The number of nitrogens with one attached hydrogen (secondary N) is 1. The molecule has 1 aliphatic heterocycles. The van der Waals surface area contributed by atoms with E-state index in [9.17, 15) is 9.59 Å². The summed E-state index contributed by atoms with van der Waals surface area (Å²) >= 11 is 1.88. The van der Waals surface area contributed by atoms with Crippen molar-refractivity contribution in [2.45, 2.75) is 25.4 Å². The molecule has 1 aromatic heterocycles. The van der Waals surface area contributed by atoms with Gasteiger partial charge in [0.15, 0.2) is 5.69 Å². The van der Waals surface area contributed by atoms with Crippen LogP contribution < -0.4 is 5.32 Å². The number of nitrogens with zero attached hydrogens (tertiary/aromatic N) is 3. The maximum Gasteiger partial charge on any atom is 0.325 e. The third kappa shape index (κ3) is 3.46. The molecule has 0 spiro atoms. The van der Waals surface area contributed by atoms with Crippen molar-refractivity contribution in [2.24, 2.45) is 0 Å². The highest BCUT2D eigenvalue weighted by atomic mass is 32.2. The van der Waals surface area contributed by atoms with Gasteiger partial charge in [-0.15, -0.1) is 5.10 Å². The SMILES string of the molecule is O=C(O)Cn1cc(C(=O)NC2CCSCC2)nn1. The molecule has 1 aliphatic rings.